The summed E-state index contributed by atoms with van der Waals surface area (Å²) in [6.07, 6.45) is 2.72. The largest absolute Gasteiger partial charge is 0.453 e. The van der Waals surface area contributed by atoms with Crippen molar-refractivity contribution in [2.24, 2.45) is 0 Å². The van der Waals surface area contributed by atoms with Crippen molar-refractivity contribution in [1.82, 2.24) is 10.3 Å². The van der Waals surface area contributed by atoms with E-state index in [1.165, 1.54) is 10.9 Å². The Labute approximate surface area is 126 Å². The summed E-state index contributed by atoms with van der Waals surface area (Å²) >= 11 is 3.35. The van der Waals surface area contributed by atoms with Crippen LogP contribution < -0.4 is 5.32 Å². The summed E-state index contributed by atoms with van der Waals surface area (Å²) in [7, 11) is 1.95. The molecule has 1 N–H and O–H groups in total. The van der Waals surface area contributed by atoms with Gasteiger partial charge in [0, 0.05) is 11.6 Å². The van der Waals surface area contributed by atoms with Gasteiger partial charge in [-0.25, -0.2) is 0 Å². The number of fused-ring (bicyclic) bond motifs is 1. The maximum absolute atomic E-state index is 5.66. The minimum Gasteiger partial charge on any atom is -0.453 e. The highest BCUT2D eigenvalue weighted by atomic mass is 79.9. The summed E-state index contributed by atoms with van der Waals surface area (Å²) in [5, 5.41) is 4.51. The van der Waals surface area contributed by atoms with Crippen LogP contribution >= 0.6 is 15.9 Å². The minimum atomic E-state index is 0.145. The average Bonchev–Trinajstić information content (AvgIpc) is 2.91. The van der Waals surface area contributed by atoms with Crippen LogP contribution in [0.25, 0.3) is 10.9 Å². The van der Waals surface area contributed by atoms with Gasteiger partial charge < -0.3 is 9.73 Å². The molecule has 3 rings (SSSR count). The van der Waals surface area contributed by atoms with E-state index in [-0.39, 0.29) is 6.04 Å². The van der Waals surface area contributed by atoms with E-state index in [0.29, 0.717) is 0 Å². The van der Waals surface area contributed by atoms with E-state index in [1.807, 2.05) is 43.6 Å². The zero-order valence-corrected chi connectivity index (χ0v) is 12.7. The van der Waals surface area contributed by atoms with Crippen molar-refractivity contribution in [2.45, 2.75) is 12.5 Å². The molecule has 0 radical (unpaired) electrons. The highest BCUT2D eigenvalue weighted by Gasteiger charge is 2.15. The molecule has 1 atom stereocenters. The van der Waals surface area contributed by atoms with Gasteiger partial charge in [0.2, 0.25) is 0 Å². The van der Waals surface area contributed by atoms with Crippen LogP contribution in [0, 0.1) is 0 Å². The number of halogens is 1. The summed E-state index contributed by atoms with van der Waals surface area (Å²) in [6.45, 7) is 0. The zero-order chi connectivity index (χ0) is 13.9. The van der Waals surface area contributed by atoms with Crippen LogP contribution in [-0.2, 0) is 6.42 Å². The van der Waals surface area contributed by atoms with Gasteiger partial charge in [-0.15, -0.1) is 0 Å². The van der Waals surface area contributed by atoms with Crippen LogP contribution in [0.5, 0.6) is 0 Å². The van der Waals surface area contributed by atoms with Crippen molar-refractivity contribution in [3.8, 4) is 0 Å². The Bertz CT molecular complexity index is 718. The Kier molecular flexibility index (Phi) is 3.85. The minimum absolute atomic E-state index is 0.145. The van der Waals surface area contributed by atoms with Gasteiger partial charge in [0.15, 0.2) is 4.67 Å². The van der Waals surface area contributed by atoms with E-state index in [0.717, 1.165) is 22.4 Å². The molecular weight excluding hydrogens is 316 g/mol. The van der Waals surface area contributed by atoms with E-state index in [1.54, 1.807) is 0 Å². The van der Waals surface area contributed by atoms with Gasteiger partial charge in [0.25, 0.3) is 0 Å². The first-order chi connectivity index (χ1) is 9.78. The summed E-state index contributed by atoms with van der Waals surface area (Å²) in [5.41, 5.74) is 2.29. The van der Waals surface area contributed by atoms with Crippen molar-refractivity contribution in [2.75, 3.05) is 7.05 Å². The third-order valence-electron chi connectivity index (χ3n) is 3.45. The molecule has 2 heterocycles. The highest BCUT2D eigenvalue weighted by molar-refractivity contribution is 9.10. The van der Waals surface area contributed by atoms with E-state index in [4.69, 9.17) is 4.42 Å². The smallest absolute Gasteiger partial charge is 0.169 e. The van der Waals surface area contributed by atoms with Crippen molar-refractivity contribution >= 4 is 26.8 Å². The number of aromatic nitrogens is 1. The normalized spacial score (nSPS) is 12.7. The fourth-order valence-corrected chi connectivity index (χ4v) is 2.73. The molecule has 0 aliphatic rings. The number of pyridine rings is 1. The van der Waals surface area contributed by atoms with Gasteiger partial charge in [0.1, 0.15) is 5.76 Å². The molecule has 102 valence electrons. The number of hydrogen-bond acceptors (Lipinski definition) is 3. The van der Waals surface area contributed by atoms with Gasteiger partial charge >= 0.3 is 0 Å². The average molecular weight is 331 g/mol. The van der Waals surface area contributed by atoms with E-state index in [9.17, 15) is 0 Å². The van der Waals surface area contributed by atoms with E-state index >= 15 is 0 Å². The van der Waals surface area contributed by atoms with Gasteiger partial charge in [-0.2, -0.15) is 0 Å². The molecule has 0 saturated heterocycles. The summed E-state index contributed by atoms with van der Waals surface area (Å²) in [5.74, 6) is 0.931. The first-order valence-electron chi connectivity index (χ1n) is 6.53. The van der Waals surface area contributed by atoms with Gasteiger partial charge in [-0.1, -0.05) is 18.2 Å². The molecule has 1 unspecified atom stereocenters. The molecule has 0 aliphatic heterocycles. The number of furan rings is 1. The van der Waals surface area contributed by atoms with Crippen LogP contribution in [0.3, 0.4) is 0 Å². The predicted octanol–water partition coefficient (Wildman–Crippen LogP) is 4.09. The molecule has 0 aliphatic carbocycles. The molecule has 0 fully saturated rings. The molecule has 0 bridgehead atoms. The van der Waals surface area contributed by atoms with Crippen LogP contribution in [0.4, 0.5) is 0 Å². The second kappa shape index (κ2) is 5.77. The second-order valence-corrected chi connectivity index (χ2v) is 5.46. The second-order valence-electron chi connectivity index (χ2n) is 4.67. The number of hydrogen-bond donors (Lipinski definition) is 1. The van der Waals surface area contributed by atoms with Crippen LogP contribution in [0.15, 0.2) is 57.7 Å². The Morgan fingerprint density at radius 3 is 2.80 bits per heavy atom. The van der Waals surface area contributed by atoms with E-state index in [2.05, 4.69) is 38.4 Å². The lowest BCUT2D eigenvalue weighted by molar-refractivity contribution is 0.417. The topological polar surface area (TPSA) is 38.1 Å². The maximum atomic E-state index is 5.66. The SMILES string of the molecule is CNC(Cc1ccnc2ccccc12)c1ccc(Br)o1. The first kappa shape index (κ1) is 13.3. The molecule has 0 saturated carbocycles. The van der Waals surface area contributed by atoms with Gasteiger partial charge in [-0.05, 0) is 59.2 Å². The van der Waals surface area contributed by atoms with Crippen molar-refractivity contribution in [3.05, 3.63) is 64.7 Å². The molecule has 0 amide bonds. The molecule has 1 aromatic carbocycles. The van der Waals surface area contributed by atoms with Crippen LogP contribution in [-0.4, -0.2) is 12.0 Å². The number of para-hydroxylation sites is 1. The fourth-order valence-electron chi connectivity index (χ4n) is 2.41. The quantitative estimate of drug-likeness (QED) is 0.782. The first-order valence-corrected chi connectivity index (χ1v) is 7.32. The van der Waals surface area contributed by atoms with Crippen molar-refractivity contribution in [3.63, 3.8) is 0 Å². The number of nitrogens with one attached hydrogen (secondary N) is 1. The molecule has 4 heteroatoms. The number of rotatable bonds is 4. The summed E-state index contributed by atoms with van der Waals surface area (Å²) < 4.78 is 6.42. The lowest BCUT2D eigenvalue weighted by Gasteiger charge is -2.15. The lowest BCUT2D eigenvalue weighted by Crippen LogP contribution is -2.18. The molecule has 3 aromatic rings. The van der Waals surface area contributed by atoms with Crippen LogP contribution in [0.2, 0.25) is 0 Å². The fraction of sp³-hybridized carbons (Fsp3) is 0.188. The molecule has 3 nitrogen and oxygen atoms in total. The number of likely N-dealkylation sites (N-methyl/N-ethyl adjacent to an activating group) is 1. The molecule has 0 spiro atoms. The van der Waals surface area contributed by atoms with Crippen LogP contribution in [0.1, 0.15) is 17.4 Å². The number of nitrogens with zero attached hydrogens (tertiary/aromatic N) is 1. The Morgan fingerprint density at radius 2 is 2.05 bits per heavy atom. The molecular formula is C16H15BrN2O. The highest BCUT2D eigenvalue weighted by Crippen LogP contribution is 2.26. The Morgan fingerprint density at radius 1 is 1.20 bits per heavy atom. The third kappa shape index (κ3) is 2.62. The summed E-state index contributed by atoms with van der Waals surface area (Å²) in [4.78, 5) is 4.40. The molecule has 20 heavy (non-hydrogen) atoms. The van der Waals surface area contributed by atoms with Gasteiger partial charge in [-0.3, -0.25) is 4.98 Å². The predicted molar refractivity (Wildman–Crippen MR) is 83.7 cm³/mol. The van der Waals surface area contributed by atoms with Crippen molar-refractivity contribution < 1.29 is 4.42 Å². The Balaban J connectivity index is 1.95. The maximum Gasteiger partial charge on any atom is 0.169 e. The Hall–Kier alpha value is -1.65. The number of benzene rings is 1. The lowest BCUT2D eigenvalue weighted by atomic mass is 10.0. The van der Waals surface area contributed by atoms with Crippen molar-refractivity contribution in [1.29, 1.82) is 0 Å². The van der Waals surface area contributed by atoms with E-state index < -0.39 is 0 Å². The van der Waals surface area contributed by atoms with Gasteiger partial charge in [0.05, 0.1) is 11.6 Å². The summed E-state index contributed by atoms with van der Waals surface area (Å²) in [6, 6.07) is 14.3. The standard InChI is InChI=1S/C16H15BrN2O/c1-18-14(15-6-7-16(17)20-15)10-11-8-9-19-13-5-3-2-4-12(11)13/h2-9,14,18H,10H2,1H3. The zero-order valence-electron chi connectivity index (χ0n) is 11.1. The molecule has 2 aromatic heterocycles. The monoisotopic (exact) mass is 330 g/mol. The third-order valence-corrected chi connectivity index (χ3v) is 3.88.